The van der Waals surface area contributed by atoms with Crippen LogP contribution < -0.4 is 0 Å². The van der Waals surface area contributed by atoms with Crippen LogP contribution in [-0.4, -0.2) is 73.6 Å². The van der Waals surface area contributed by atoms with Crippen LogP contribution in [0.3, 0.4) is 0 Å². The van der Waals surface area contributed by atoms with E-state index in [2.05, 4.69) is 15.4 Å². The zero-order valence-corrected chi connectivity index (χ0v) is 19.2. The first-order valence-electron chi connectivity index (χ1n) is 10.9. The predicted octanol–water partition coefficient (Wildman–Crippen LogP) is 2.60. The van der Waals surface area contributed by atoms with E-state index < -0.39 is 10.0 Å². The molecule has 0 aliphatic carbocycles. The minimum Gasteiger partial charge on any atom is -0.343 e. The second-order valence-corrected chi connectivity index (χ2v) is 10.5. The average molecular weight is 473 g/mol. The fraction of sp³-hybridized carbons (Fsp3) is 0.391. The highest BCUT2D eigenvalue weighted by Gasteiger charge is 2.40. The van der Waals surface area contributed by atoms with Crippen LogP contribution in [0.2, 0.25) is 5.02 Å². The standard InChI is InChI=1S/C23H25ClN4O3S/c24-18-6-3-5-17(15-18)16-26-11-13-27(14-12-26)23(29)20-8-4-10-28(20)22-19-7-1-2-9-21(19)32(30,31)25-22/h1-3,5-7,9,15,20H,4,8,10-14,16H2/t20-/m0/s1. The van der Waals surface area contributed by atoms with Gasteiger partial charge in [-0.3, -0.25) is 9.69 Å². The number of halogens is 1. The summed E-state index contributed by atoms with van der Waals surface area (Å²) < 4.78 is 29.0. The molecular formula is C23H25ClN4O3S. The number of amides is 1. The molecule has 2 aromatic carbocycles. The normalized spacial score (nSPS) is 22.7. The predicted molar refractivity (Wildman–Crippen MR) is 123 cm³/mol. The third-order valence-electron chi connectivity index (χ3n) is 6.40. The third-order valence-corrected chi connectivity index (χ3v) is 7.96. The summed E-state index contributed by atoms with van der Waals surface area (Å²) in [4.78, 5) is 19.7. The van der Waals surface area contributed by atoms with Crippen molar-refractivity contribution in [1.29, 1.82) is 0 Å². The summed E-state index contributed by atoms with van der Waals surface area (Å²) in [6.07, 6.45) is 1.55. The Morgan fingerprint density at radius 3 is 2.59 bits per heavy atom. The van der Waals surface area contributed by atoms with Crippen molar-refractivity contribution in [2.75, 3.05) is 32.7 Å². The SMILES string of the molecule is O=C([C@@H]1CCCN1C1=NS(=O)(=O)c2ccccc21)N1CCN(Cc2cccc(Cl)c2)CC1. The van der Waals surface area contributed by atoms with Gasteiger partial charge in [0.1, 0.15) is 10.9 Å². The summed E-state index contributed by atoms with van der Waals surface area (Å²) in [6.45, 7) is 4.35. The first-order chi connectivity index (χ1) is 15.4. The Labute approximate surface area is 193 Å². The monoisotopic (exact) mass is 472 g/mol. The topological polar surface area (TPSA) is 73.3 Å². The van der Waals surface area contributed by atoms with E-state index in [1.807, 2.05) is 28.0 Å². The van der Waals surface area contributed by atoms with Gasteiger partial charge in [0.2, 0.25) is 5.91 Å². The minimum atomic E-state index is -3.70. The maximum absolute atomic E-state index is 13.4. The first kappa shape index (κ1) is 21.4. The van der Waals surface area contributed by atoms with Crippen LogP contribution in [0.15, 0.2) is 57.8 Å². The molecule has 0 unspecified atom stereocenters. The molecule has 0 aromatic heterocycles. The average Bonchev–Trinajstić information content (AvgIpc) is 3.37. The summed E-state index contributed by atoms with van der Waals surface area (Å²) in [6, 6.07) is 14.3. The van der Waals surface area contributed by atoms with Gasteiger partial charge in [-0.25, -0.2) is 0 Å². The van der Waals surface area contributed by atoms with E-state index in [9.17, 15) is 13.2 Å². The van der Waals surface area contributed by atoms with Crippen molar-refractivity contribution < 1.29 is 13.2 Å². The Morgan fingerprint density at radius 2 is 1.81 bits per heavy atom. The third kappa shape index (κ3) is 4.02. The quantitative estimate of drug-likeness (QED) is 0.686. The number of likely N-dealkylation sites (tertiary alicyclic amines) is 1. The number of carbonyl (C=O) groups is 1. The molecule has 0 bridgehead atoms. The first-order valence-corrected chi connectivity index (χ1v) is 12.7. The van der Waals surface area contributed by atoms with Gasteiger partial charge in [-0.1, -0.05) is 35.9 Å². The highest BCUT2D eigenvalue weighted by atomic mass is 35.5. The Bertz CT molecular complexity index is 1180. The molecule has 0 N–H and O–H groups in total. The lowest BCUT2D eigenvalue weighted by Crippen LogP contribution is -2.54. The lowest BCUT2D eigenvalue weighted by Gasteiger charge is -2.37. The highest BCUT2D eigenvalue weighted by molar-refractivity contribution is 7.90. The minimum absolute atomic E-state index is 0.0642. The number of benzene rings is 2. The largest absolute Gasteiger partial charge is 0.343 e. The second kappa shape index (κ2) is 8.50. The van der Waals surface area contributed by atoms with Gasteiger partial charge in [0.05, 0.1) is 0 Å². The highest BCUT2D eigenvalue weighted by Crippen LogP contribution is 2.31. The lowest BCUT2D eigenvalue weighted by atomic mass is 10.1. The molecule has 5 rings (SSSR count). The zero-order chi connectivity index (χ0) is 22.3. The Kier molecular flexibility index (Phi) is 5.69. The molecule has 32 heavy (non-hydrogen) atoms. The molecule has 2 aromatic rings. The molecule has 0 saturated carbocycles. The molecule has 3 aliphatic heterocycles. The number of carbonyl (C=O) groups excluding carboxylic acids is 1. The molecule has 168 valence electrons. The van der Waals surface area contributed by atoms with Crippen LogP contribution in [0.4, 0.5) is 0 Å². The number of fused-ring (bicyclic) bond motifs is 1. The molecule has 0 radical (unpaired) electrons. The van der Waals surface area contributed by atoms with Gasteiger partial charge < -0.3 is 9.80 Å². The summed E-state index contributed by atoms with van der Waals surface area (Å²) in [5, 5.41) is 0.732. The van der Waals surface area contributed by atoms with Crippen LogP contribution in [-0.2, 0) is 21.4 Å². The molecule has 9 heteroatoms. The number of piperazine rings is 1. The maximum Gasteiger partial charge on any atom is 0.285 e. The van der Waals surface area contributed by atoms with E-state index in [4.69, 9.17) is 11.6 Å². The van der Waals surface area contributed by atoms with Crippen LogP contribution in [0.5, 0.6) is 0 Å². The summed E-state index contributed by atoms with van der Waals surface area (Å²) in [5.74, 6) is 0.477. The number of rotatable bonds is 3. The van der Waals surface area contributed by atoms with Gasteiger partial charge in [-0.05, 0) is 42.7 Å². The number of hydrogen-bond acceptors (Lipinski definition) is 5. The van der Waals surface area contributed by atoms with Gasteiger partial charge in [0.25, 0.3) is 10.0 Å². The smallest absolute Gasteiger partial charge is 0.285 e. The van der Waals surface area contributed by atoms with E-state index in [1.54, 1.807) is 24.3 Å². The van der Waals surface area contributed by atoms with Crippen LogP contribution >= 0.6 is 11.6 Å². The Balaban J connectivity index is 1.26. The Morgan fingerprint density at radius 1 is 1.03 bits per heavy atom. The van der Waals surface area contributed by atoms with E-state index in [0.29, 0.717) is 37.5 Å². The van der Waals surface area contributed by atoms with Crippen molar-refractivity contribution in [1.82, 2.24) is 14.7 Å². The van der Waals surface area contributed by atoms with Crippen molar-refractivity contribution in [2.24, 2.45) is 4.40 Å². The molecule has 2 saturated heterocycles. The van der Waals surface area contributed by atoms with Crippen molar-refractivity contribution in [2.45, 2.75) is 30.3 Å². The van der Waals surface area contributed by atoms with Crippen molar-refractivity contribution >= 4 is 33.4 Å². The van der Waals surface area contributed by atoms with Gasteiger partial charge in [-0.15, -0.1) is 4.40 Å². The lowest BCUT2D eigenvalue weighted by molar-refractivity contribution is -0.136. The maximum atomic E-state index is 13.4. The molecule has 2 fully saturated rings. The molecule has 3 aliphatic rings. The van der Waals surface area contributed by atoms with Gasteiger partial charge in [0, 0.05) is 49.9 Å². The van der Waals surface area contributed by atoms with Crippen molar-refractivity contribution in [3.05, 3.63) is 64.7 Å². The van der Waals surface area contributed by atoms with Crippen molar-refractivity contribution in [3.8, 4) is 0 Å². The van der Waals surface area contributed by atoms with Gasteiger partial charge in [0.15, 0.2) is 5.84 Å². The Hall–Kier alpha value is -2.42. The fourth-order valence-corrected chi connectivity index (χ4v) is 6.23. The number of nitrogens with zero attached hydrogens (tertiary/aromatic N) is 4. The fourth-order valence-electron chi connectivity index (χ4n) is 4.80. The van der Waals surface area contributed by atoms with Crippen molar-refractivity contribution in [3.63, 3.8) is 0 Å². The number of amidine groups is 1. The number of sulfonamides is 1. The second-order valence-electron chi connectivity index (χ2n) is 8.47. The van der Waals surface area contributed by atoms with E-state index in [0.717, 1.165) is 31.1 Å². The van der Waals surface area contributed by atoms with Crippen LogP contribution in [0.1, 0.15) is 24.0 Å². The number of hydrogen-bond donors (Lipinski definition) is 0. The molecule has 3 heterocycles. The van der Waals surface area contributed by atoms with E-state index in [-0.39, 0.29) is 16.8 Å². The summed E-state index contributed by atoms with van der Waals surface area (Å²) >= 11 is 6.09. The molecule has 0 spiro atoms. The summed E-state index contributed by atoms with van der Waals surface area (Å²) in [7, 11) is -3.70. The van der Waals surface area contributed by atoms with Crippen LogP contribution in [0.25, 0.3) is 0 Å². The van der Waals surface area contributed by atoms with E-state index in [1.165, 1.54) is 5.56 Å². The van der Waals surface area contributed by atoms with Gasteiger partial charge >= 0.3 is 0 Å². The molecule has 1 atom stereocenters. The molecular weight excluding hydrogens is 448 g/mol. The zero-order valence-electron chi connectivity index (χ0n) is 17.7. The van der Waals surface area contributed by atoms with Crippen LogP contribution in [0, 0.1) is 0 Å². The molecule has 1 amide bonds. The van der Waals surface area contributed by atoms with E-state index >= 15 is 0 Å². The summed E-state index contributed by atoms with van der Waals surface area (Å²) in [5.41, 5.74) is 1.76. The van der Waals surface area contributed by atoms with Gasteiger partial charge in [-0.2, -0.15) is 8.42 Å². The molecule has 7 nitrogen and oxygen atoms in total.